The first-order valence-electron chi connectivity index (χ1n) is 7.00. The van der Waals surface area contributed by atoms with Crippen molar-refractivity contribution in [1.29, 1.82) is 0 Å². The van der Waals surface area contributed by atoms with Crippen molar-refractivity contribution in [2.45, 2.75) is 52.4 Å². The summed E-state index contributed by atoms with van der Waals surface area (Å²) < 4.78 is 0. The number of rotatable bonds is 5. The van der Waals surface area contributed by atoms with Gasteiger partial charge in [0.05, 0.1) is 5.69 Å². The topological polar surface area (TPSA) is 24.9 Å². The van der Waals surface area contributed by atoms with Crippen LogP contribution in [0, 0.1) is 11.8 Å². The third kappa shape index (κ3) is 3.70. The molecule has 1 saturated carbocycles. The van der Waals surface area contributed by atoms with Crippen LogP contribution in [0.2, 0.25) is 0 Å². The van der Waals surface area contributed by atoms with Crippen molar-refractivity contribution in [3.05, 3.63) is 11.1 Å². The van der Waals surface area contributed by atoms with Crippen molar-refractivity contribution in [1.82, 2.24) is 4.98 Å². The maximum atomic E-state index is 4.55. The number of nitrogens with zero attached hydrogens (tertiary/aromatic N) is 1. The molecule has 0 spiro atoms. The van der Waals surface area contributed by atoms with Crippen LogP contribution in [0.4, 0.5) is 5.13 Å². The molecule has 96 valence electrons. The molecule has 0 aromatic carbocycles. The van der Waals surface area contributed by atoms with Gasteiger partial charge in [-0.25, -0.2) is 4.98 Å². The van der Waals surface area contributed by atoms with Crippen molar-refractivity contribution >= 4 is 16.5 Å². The van der Waals surface area contributed by atoms with Gasteiger partial charge >= 0.3 is 0 Å². The summed E-state index contributed by atoms with van der Waals surface area (Å²) in [6.45, 7) is 5.60. The molecule has 0 unspecified atom stereocenters. The normalized spacial score (nSPS) is 24.8. The number of hydrogen-bond donors (Lipinski definition) is 1. The summed E-state index contributed by atoms with van der Waals surface area (Å²) in [5, 5.41) is 6.78. The van der Waals surface area contributed by atoms with E-state index in [4.69, 9.17) is 0 Å². The molecule has 1 aromatic rings. The molecule has 3 heteroatoms. The van der Waals surface area contributed by atoms with Crippen LogP contribution < -0.4 is 5.32 Å². The van der Waals surface area contributed by atoms with Crippen LogP contribution in [0.25, 0.3) is 0 Å². The minimum atomic E-state index is 0.867. The molecule has 1 fully saturated rings. The molecular formula is C14H24N2S. The first kappa shape index (κ1) is 12.9. The van der Waals surface area contributed by atoms with E-state index in [-0.39, 0.29) is 0 Å². The average Bonchev–Trinajstić information content (AvgIpc) is 2.85. The summed E-state index contributed by atoms with van der Waals surface area (Å²) in [6.07, 6.45) is 8.07. The minimum Gasteiger partial charge on any atom is -0.361 e. The van der Waals surface area contributed by atoms with Crippen LogP contribution in [0.3, 0.4) is 0 Å². The summed E-state index contributed by atoms with van der Waals surface area (Å²) >= 11 is 1.75. The van der Waals surface area contributed by atoms with Gasteiger partial charge in [0.2, 0.25) is 0 Å². The summed E-state index contributed by atoms with van der Waals surface area (Å²) in [6, 6.07) is 0. The zero-order chi connectivity index (χ0) is 12.1. The highest BCUT2D eigenvalue weighted by atomic mass is 32.1. The van der Waals surface area contributed by atoms with Gasteiger partial charge in [-0.05, 0) is 31.1 Å². The van der Waals surface area contributed by atoms with Gasteiger partial charge in [0, 0.05) is 11.9 Å². The second-order valence-corrected chi connectivity index (χ2v) is 6.03. The number of nitrogens with one attached hydrogen (secondary N) is 1. The van der Waals surface area contributed by atoms with E-state index in [0.29, 0.717) is 0 Å². The summed E-state index contributed by atoms with van der Waals surface area (Å²) in [5.41, 5.74) is 1.21. The van der Waals surface area contributed by atoms with E-state index in [2.05, 4.69) is 29.5 Å². The highest BCUT2D eigenvalue weighted by Gasteiger charge is 2.19. The van der Waals surface area contributed by atoms with Crippen LogP contribution >= 0.6 is 11.3 Å². The van der Waals surface area contributed by atoms with Crippen molar-refractivity contribution in [3.63, 3.8) is 0 Å². The second kappa shape index (κ2) is 6.39. The predicted molar refractivity (Wildman–Crippen MR) is 75.7 cm³/mol. The van der Waals surface area contributed by atoms with Crippen LogP contribution in [0.15, 0.2) is 5.38 Å². The summed E-state index contributed by atoms with van der Waals surface area (Å²) in [4.78, 5) is 4.55. The van der Waals surface area contributed by atoms with E-state index in [1.807, 2.05) is 0 Å². The quantitative estimate of drug-likeness (QED) is 0.843. The lowest BCUT2D eigenvalue weighted by Gasteiger charge is -2.27. The molecule has 1 N–H and O–H groups in total. The monoisotopic (exact) mass is 252 g/mol. The molecule has 0 saturated heterocycles. The molecule has 0 radical (unpaired) electrons. The van der Waals surface area contributed by atoms with E-state index >= 15 is 0 Å². The van der Waals surface area contributed by atoms with Gasteiger partial charge in [0.1, 0.15) is 0 Å². The zero-order valence-corrected chi connectivity index (χ0v) is 11.9. The average molecular weight is 252 g/mol. The van der Waals surface area contributed by atoms with E-state index < -0.39 is 0 Å². The minimum absolute atomic E-state index is 0.867. The maximum absolute atomic E-state index is 4.55. The Kier molecular flexibility index (Phi) is 4.84. The van der Waals surface area contributed by atoms with E-state index in [9.17, 15) is 0 Å². The Hall–Kier alpha value is -0.570. The molecule has 2 nitrogen and oxygen atoms in total. The van der Waals surface area contributed by atoms with Crippen molar-refractivity contribution in [2.75, 3.05) is 11.9 Å². The molecular weight excluding hydrogens is 228 g/mol. The lowest BCUT2D eigenvalue weighted by atomic mass is 9.81. The molecule has 0 bridgehead atoms. The van der Waals surface area contributed by atoms with E-state index in [1.54, 1.807) is 11.3 Å². The fraction of sp³-hybridized carbons (Fsp3) is 0.786. The fourth-order valence-corrected chi connectivity index (χ4v) is 3.43. The molecule has 1 aromatic heterocycles. The van der Waals surface area contributed by atoms with Crippen molar-refractivity contribution < 1.29 is 0 Å². The Balaban J connectivity index is 1.72. The van der Waals surface area contributed by atoms with Gasteiger partial charge in [-0.2, -0.15) is 0 Å². The van der Waals surface area contributed by atoms with Crippen LogP contribution in [-0.2, 0) is 6.42 Å². The molecule has 1 aliphatic carbocycles. The number of hydrogen-bond acceptors (Lipinski definition) is 3. The van der Waals surface area contributed by atoms with Crippen molar-refractivity contribution in [2.24, 2.45) is 11.8 Å². The van der Waals surface area contributed by atoms with Gasteiger partial charge < -0.3 is 5.32 Å². The summed E-state index contributed by atoms with van der Waals surface area (Å²) in [7, 11) is 0. The van der Waals surface area contributed by atoms with E-state index in [1.165, 1.54) is 37.8 Å². The molecule has 1 aliphatic rings. The van der Waals surface area contributed by atoms with Gasteiger partial charge in [0.25, 0.3) is 0 Å². The number of thiazole rings is 1. The fourth-order valence-electron chi connectivity index (χ4n) is 2.63. The SMILES string of the molecule is CCc1csc(NCC2CCC(CC)CC2)n1. The molecule has 0 atom stereocenters. The van der Waals surface area contributed by atoms with Gasteiger partial charge in [-0.1, -0.05) is 33.1 Å². The zero-order valence-electron chi connectivity index (χ0n) is 11.0. The first-order valence-corrected chi connectivity index (χ1v) is 7.88. The molecule has 2 rings (SSSR count). The van der Waals surface area contributed by atoms with Crippen LogP contribution in [0.5, 0.6) is 0 Å². The van der Waals surface area contributed by atoms with Gasteiger partial charge in [-0.3, -0.25) is 0 Å². The highest BCUT2D eigenvalue weighted by molar-refractivity contribution is 7.13. The number of aryl methyl sites for hydroxylation is 1. The molecule has 0 aliphatic heterocycles. The molecule has 0 amide bonds. The second-order valence-electron chi connectivity index (χ2n) is 5.17. The Labute approximate surface area is 109 Å². The lowest BCUT2D eigenvalue weighted by Crippen LogP contribution is -2.20. The third-order valence-corrected chi connectivity index (χ3v) is 4.85. The van der Waals surface area contributed by atoms with Gasteiger partial charge in [-0.15, -0.1) is 11.3 Å². The molecule has 1 heterocycles. The predicted octanol–water partition coefficient (Wildman–Crippen LogP) is 4.33. The number of anilines is 1. The third-order valence-electron chi connectivity index (χ3n) is 4.00. The highest BCUT2D eigenvalue weighted by Crippen LogP contribution is 2.30. The Morgan fingerprint density at radius 1 is 1.24 bits per heavy atom. The summed E-state index contributed by atoms with van der Waals surface area (Å²) in [5.74, 6) is 1.87. The largest absolute Gasteiger partial charge is 0.361 e. The Morgan fingerprint density at radius 2 is 1.94 bits per heavy atom. The Bertz CT molecular complexity index is 327. The Morgan fingerprint density at radius 3 is 2.53 bits per heavy atom. The lowest BCUT2D eigenvalue weighted by molar-refractivity contribution is 0.278. The molecule has 17 heavy (non-hydrogen) atoms. The smallest absolute Gasteiger partial charge is 0.182 e. The first-order chi connectivity index (χ1) is 8.31. The van der Waals surface area contributed by atoms with Crippen LogP contribution in [0.1, 0.15) is 51.6 Å². The number of aromatic nitrogens is 1. The van der Waals surface area contributed by atoms with Crippen molar-refractivity contribution in [3.8, 4) is 0 Å². The van der Waals surface area contributed by atoms with Crippen LogP contribution in [-0.4, -0.2) is 11.5 Å². The van der Waals surface area contributed by atoms with Gasteiger partial charge in [0.15, 0.2) is 5.13 Å². The standard InChI is InChI=1S/C14H24N2S/c1-3-11-5-7-12(8-6-11)9-15-14-16-13(4-2)10-17-14/h10-12H,3-9H2,1-2H3,(H,15,16). The van der Waals surface area contributed by atoms with E-state index in [0.717, 1.165) is 29.9 Å². The maximum Gasteiger partial charge on any atom is 0.182 e.